The number of nitrogens with zero attached hydrogens (tertiary/aromatic N) is 1. The van der Waals surface area contributed by atoms with Crippen molar-refractivity contribution in [2.24, 2.45) is 0 Å². The maximum Gasteiger partial charge on any atom is 0.167 e. The zero-order chi connectivity index (χ0) is 13.2. The van der Waals surface area contributed by atoms with E-state index >= 15 is 0 Å². The maximum atomic E-state index is 5.45. The van der Waals surface area contributed by atoms with Crippen molar-refractivity contribution in [3.63, 3.8) is 0 Å². The van der Waals surface area contributed by atoms with E-state index in [2.05, 4.69) is 37.2 Å². The molecule has 0 spiro atoms. The zero-order valence-corrected chi connectivity index (χ0v) is 11.1. The number of aromatic nitrogens is 1. The summed E-state index contributed by atoms with van der Waals surface area (Å²) in [4.78, 5) is 0. The van der Waals surface area contributed by atoms with Crippen molar-refractivity contribution in [2.45, 2.75) is 13.8 Å². The fourth-order valence-electron chi connectivity index (χ4n) is 2.05. The van der Waals surface area contributed by atoms with Crippen LogP contribution in [0.4, 0.5) is 0 Å². The lowest BCUT2D eigenvalue weighted by molar-refractivity contribution is 0.435. The van der Waals surface area contributed by atoms with Crippen LogP contribution in [0.2, 0.25) is 0 Å². The lowest BCUT2D eigenvalue weighted by Crippen LogP contribution is -1.81. The normalized spacial score (nSPS) is 10.6. The molecule has 0 aliphatic carbocycles. The Morgan fingerprint density at radius 1 is 0.789 bits per heavy atom. The van der Waals surface area contributed by atoms with Crippen molar-refractivity contribution in [3.8, 4) is 22.6 Å². The molecule has 0 aliphatic heterocycles. The van der Waals surface area contributed by atoms with Crippen molar-refractivity contribution in [2.75, 3.05) is 0 Å². The monoisotopic (exact) mass is 249 g/mol. The number of hydrogen-bond donors (Lipinski definition) is 0. The second-order valence-electron chi connectivity index (χ2n) is 4.74. The first-order valence-electron chi connectivity index (χ1n) is 6.34. The Labute approximate surface area is 112 Å². The van der Waals surface area contributed by atoms with Crippen LogP contribution in [0.3, 0.4) is 0 Å². The van der Waals surface area contributed by atoms with Crippen LogP contribution in [0.1, 0.15) is 11.1 Å². The fourth-order valence-corrected chi connectivity index (χ4v) is 2.05. The van der Waals surface area contributed by atoms with Crippen molar-refractivity contribution in [1.29, 1.82) is 0 Å². The third-order valence-corrected chi connectivity index (χ3v) is 3.37. The van der Waals surface area contributed by atoms with Crippen molar-refractivity contribution in [1.82, 2.24) is 5.16 Å². The van der Waals surface area contributed by atoms with Gasteiger partial charge in [-0.25, -0.2) is 0 Å². The Balaban J connectivity index is 1.99. The quantitative estimate of drug-likeness (QED) is 0.662. The average Bonchev–Trinajstić information content (AvgIpc) is 2.93. The summed E-state index contributed by atoms with van der Waals surface area (Å²) in [6.07, 6.45) is 0. The highest BCUT2D eigenvalue weighted by molar-refractivity contribution is 5.67. The molecule has 0 amide bonds. The van der Waals surface area contributed by atoms with Crippen molar-refractivity contribution < 1.29 is 4.52 Å². The molecule has 3 rings (SSSR count). The zero-order valence-electron chi connectivity index (χ0n) is 11.1. The molecule has 0 N–H and O–H groups in total. The first-order chi connectivity index (χ1) is 9.24. The number of aryl methyl sites for hydroxylation is 2. The van der Waals surface area contributed by atoms with Crippen LogP contribution in [0.15, 0.2) is 59.1 Å². The summed E-state index contributed by atoms with van der Waals surface area (Å²) in [5, 5.41) is 4.14. The molecule has 0 atom stereocenters. The van der Waals surface area contributed by atoms with Gasteiger partial charge >= 0.3 is 0 Å². The lowest BCUT2D eigenvalue weighted by Gasteiger charge is -2.01. The number of benzene rings is 2. The summed E-state index contributed by atoms with van der Waals surface area (Å²) in [5.74, 6) is 0.807. The summed E-state index contributed by atoms with van der Waals surface area (Å²) in [7, 11) is 0. The van der Waals surface area contributed by atoms with Crippen LogP contribution in [0, 0.1) is 13.8 Å². The van der Waals surface area contributed by atoms with E-state index in [9.17, 15) is 0 Å². The molecule has 19 heavy (non-hydrogen) atoms. The summed E-state index contributed by atoms with van der Waals surface area (Å²) in [6, 6.07) is 18.3. The van der Waals surface area contributed by atoms with Gasteiger partial charge in [0.1, 0.15) is 5.69 Å². The van der Waals surface area contributed by atoms with Gasteiger partial charge in [0.2, 0.25) is 0 Å². The molecule has 0 unspecified atom stereocenters. The van der Waals surface area contributed by atoms with E-state index in [1.54, 1.807) is 0 Å². The number of hydrogen-bond acceptors (Lipinski definition) is 2. The minimum absolute atomic E-state index is 0.807. The highest BCUT2D eigenvalue weighted by Crippen LogP contribution is 2.27. The Hall–Kier alpha value is -2.35. The summed E-state index contributed by atoms with van der Waals surface area (Å²) in [5.41, 5.74) is 5.55. The molecule has 1 heterocycles. The van der Waals surface area contributed by atoms with Crippen LogP contribution in [0.25, 0.3) is 22.6 Å². The van der Waals surface area contributed by atoms with Gasteiger partial charge in [-0.2, -0.15) is 0 Å². The smallest absolute Gasteiger partial charge is 0.167 e. The van der Waals surface area contributed by atoms with E-state index in [4.69, 9.17) is 4.52 Å². The van der Waals surface area contributed by atoms with Gasteiger partial charge in [0.05, 0.1) is 0 Å². The van der Waals surface area contributed by atoms with Gasteiger partial charge < -0.3 is 4.52 Å². The molecule has 94 valence electrons. The van der Waals surface area contributed by atoms with Gasteiger partial charge in [-0.15, -0.1) is 0 Å². The Bertz CT molecular complexity index is 698. The first kappa shape index (κ1) is 11.7. The topological polar surface area (TPSA) is 26.0 Å². The largest absolute Gasteiger partial charge is 0.356 e. The molecule has 0 radical (unpaired) electrons. The van der Waals surface area contributed by atoms with Gasteiger partial charge in [0.25, 0.3) is 0 Å². The molecule has 3 aromatic rings. The SMILES string of the molecule is Cc1ccc(-c2cc(-c3ccccc3)no2)cc1C. The molecule has 1 aromatic heterocycles. The van der Waals surface area contributed by atoms with E-state index in [0.29, 0.717) is 0 Å². The Morgan fingerprint density at radius 3 is 2.32 bits per heavy atom. The highest BCUT2D eigenvalue weighted by atomic mass is 16.5. The molecule has 2 aromatic carbocycles. The van der Waals surface area contributed by atoms with Gasteiger partial charge in [0.15, 0.2) is 5.76 Å². The Morgan fingerprint density at radius 2 is 1.58 bits per heavy atom. The first-order valence-corrected chi connectivity index (χ1v) is 6.34. The third-order valence-electron chi connectivity index (χ3n) is 3.37. The minimum Gasteiger partial charge on any atom is -0.356 e. The molecular formula is C17H15NO. The predicted octanol–water partition coefficient (Wildman–Crippen LogP) is 4.63. The van der Waals surface area contributed by atoms with Gasteiger partial charge in [0, 0.05) is 17.2 Å². The van der Waals surface area contributed by atoms with Crippen molar-refractivity contribution >= 4 is 0 Å². The fraction of sp³-hybridized carbons (Fsp3) is 0.118. The summed E-state index contributed by atoms with van der Waals surface area (Å²) >= 11 is 0. The molecule has 2 nitrogen and oxygen atoms in total. The van der Waals surface area contributed by atoms with Crippen LogP contribution < -0.4 is 0 Å². The van der Waals surface area contributed by atoms with Gasteiger partial charge in [-0.1, -0.05) is 47.6 Å². The third kappa shape index (κ3) is 2.29. The molecular weight excluding hydrogens is 234 g/mol. The van der Waals surface area contributed by atoms with E-state index in [0.717, 1.165) is 22.6 Å². The number of rotatable bonds is 2. The average molecular weight is 249 g/mol. The van der Waals surface area contributed by atoms with Crippen LogP contribution >= 0.6 is 0 Å². The standard InChI is InChI=1S/C17H15NO/c1-12-8-9-15(10-13(12)2)17-11-16(18-19-17)14-6-4-3-5-7-14/h3-11H,1-2H3. The second kappa shape index (κ2) is 4.73. The van der Waals surface area contributed by atoms with Crippen LogP contribution in [-0.2, 0) is 0 Å². The highest BCUT2D eigenvalue weighted by Gasteiger charge is 2.08. The van der Waals surface area contributed by atoms with E-state index in [-0.39, 0.29) is 0 Å². The second-order valence-corrected chi connectivity index (χ2v) is 4.74. The molecule has 0 saturated heterocycles. The maximum absolute atomic E-state index is 5.45. The molecule has 2 heteroatoms. The molecule has 0 saturated carbocycles. The van der Waals surface area contributed by atoms with E-state index in [1.807, 2.05) is 36.4 Å². The predicted molar refractivity (Wildman–Crippen MR) is 76.8 cm³/mol. The molecule has 0 aliphatic rings. The van der Waals surface area contributed by atoms with Crippen molar-refractivity contribution in [3.05, 3.63) is 65.7 Å². The summed E-state index contributed by atoms with van der Waals surface area (Å²) in [6.45, 7) is 4.21. The van der Waals surface area contributed by atoms with Crippen LogP contribution in [-0.4, -0.2) is 5.16 Å². The molecule has 0 fully saturated rings. The van der Waals surface area contributed by atoms with Gasteiger partial charge in [-0.3, -0.25) is 0 Å². The lowest BCUT2D eigenvalue weighted by atomic mass is 10.0. The van der Waals surface area contributed by atoms with E-state index in [1.165, 1.54) is 11.1 Å². The minimum atomic E-state index is 0.807. The van der Waals surface area contributed by atoms with Gasteiger partial charge in [-0.05, 0) is 31.0 Å². The van der Waals surface area contributed by atoms with Crippen LogP contribution in [0.5, 0.6) is 0 Å². The van der Waals surface area contributed by atoms with E-state index < -0.39 is 0 Å². The summed E-state index contributed by atoms with van der Waals surface area (Å²) < 4.78 is 5.45. The Kier molecular flexibility index (Phi) is 2.92. The molecule has 0 bridgehead atoms.